The van der Waals surface area contributed by atoms with Gasteiger partial charge in [-0.05, 0) is 44.3 Å². The van der Waals surface area contributed by atoms with Gasteiger partial charge in [-0.25, -0.2) is 0 Å². The molecule has 2 N–H and O–H groups in total. The number of thiocarbonyl (C=S) groups is 1. The van der Waals surface area contributed by atoms with Gasteiger partial charge in [0.05, 0.1) is 24.9 Å². The third-order valence-electron chi connectivity index (χ3n) is 3.84. The van der Waals surface area contributed by atoms with Gasteiger partial charge in [0.25, 0.3) is 0 Å². The summed E-state index contributed by atoms with van der Waals surface area (Å²) < 4.78 is 10.6. The van der Waals surface area contributed by atoms with Crippen LogP contribution < -0.4 is 20.1 Å². The zero-order valence-corrected chi connectivity index (χ0v) is 15.1. The molecule has 0 heterocycles. The van der Waals surface area contributed by atoms with Gasteiger partial charge in [0.2, 0.25) is 0 Å². The maximum absolute atomic E-state index is 6.10. The van der Waals surface area contributed by atoms with Crippen molar-refractivity contribution in [1.82, 2.24) is 5.32 Å². The van der Waals surface area contributed by atoms with Crippen molar-refractivity contribution in [1.29, 1.82) is 0 Å². The number of hydrogen-bond donors (Lipinski definition) is 2. The fraction of sp³-hybridized carbons (Fsp3) is 0.471. The molecule has 23 heavy (non-hydrogen) atoms. The summed E-state index contributed by atoms with van der Waals surface area (Å²) in [6.45, 7) is 0.824. The van der Waals surface area contributed by atoms with Gasteiger partial charge in [0, 0.05) is 18.7 Å². The predicted molar refractivity (Wildman–Crippen MR) is 99.9 cm³/mol. The summed E-state index contributed by atoms with van der Waals surface area (Å²) in [5, 5.41) is 7.43. The first kappa shape index (κ1) is 17.9. The van der Waals surface area contributed by atoms with E-state index < -0.39 is 0 Å². The van der Waals surface area contributed by atoms with Crippen molar-refractivity contribution in [3.63, 3.8) is 0 Å². The van der Waals surface area contributed by atoms with Crippen LogP contribution in [0.2, 0.25) is 5.02 Å². The van der Waals surface area contributed by atoms with Gasteiger partial charge in [-0.15, -0.1) is 0 Å². The van der Waals surface area contributed by atoms with E-state index in [4.69, 9.17) is 33.3 Å². The quantitative estimate of drug-likeness (QED) is 0.580. The Hall–Kier alpha value is -1.46. The summed E-state index contributed by atoms with van der Waals surface area (Å²) >= 11 is 11.5. The zero-order chi connectivity index (χ0) is 16.7. The molecule has 0 unspecified atom stereocenters. The molecule has 0 atom stereocenters. The Labute approximate surface area is 148 Å². The molecule has 1 aliphatic carbocycles. The fourth-order valence-electron chi connectivity index (χ4n) is 2.59. The molecule has 0 saturated carbocycles. The molecule has 0 spiro atoms. The fourth-order valence-corrected chi connectivity index (χ4v) is 3.04. The molecule has 1 aliphatic rings. The van der Waals surface area contributed by atoms with Crippen molar-refractivity contribution in [2.45, 2.75) is 32.1 Å². The van der Waals surface area contributed by atoms with Crippen LogP contribution in [-0.2, 0) is 0 Å². The lowest BCUT2D eigenvalue weighted by Crippen LogP contribution is -2.29. The van der Waals surface area contributed by atoms with Crippen molar-refractivity contribution in [2.24, 2.45) is 0 Å². The molecular weight excluding hydrogens is 332 g/mol. The highest BCUT2D eigenvalue weighted by Crippen LogP contribution is 2.35. The molecule has 0 bridgehead atoms. The summed E-state index contributed by atoms with van der Waals surface area (Å²) in [4.78, 5) is 0. The summed E-state index contributed by atoms with van der Waals surface area (Å²) in [6, 6.07) is 3.48. The number of methoxy groups -OCH3 is 2. The highest BCUT2D eigenvalue weighted by Gasteiger charge is 2.11. The van der Waals surface area contributed by atoms with Crippen LogP contribution in [0.5, 0.6) is 11.5 Å². The van der Waals surface area contributed by atoms with E-state index in [0.717, 1.165) is 18.7 Å². The van der Waals surface area contributed by atoms with E-state index in [9.17, 15) is 0 Å². The number of rotatable bonds is 6. The lowest BCUT2D eigenvalue weighted by atomic mass is 9.97. The van der Waals surface area contributed by atoms with Gasteiger partial charge in [0.15, 0.2) is 5.11 Å². The van der Waals surface area contributed by atoms with Crippen LogP contribution in [0.25, 0.3) is 0 Å². The van der Waals surface area contributed by atoms with Crippen molar-refractivity contribution in [3.05, 3.63) is 28.8 Å². The minimum atomic E-state index is 0.498. The molecule has 0 fully saturated rings. The van der Waals surface area contributed by atoms with Gasteiger partial charge in [-0.3, -0.25) is 0 Å². The van der Waals surface area contributed by atoms with E-state index in [-0.39, 0.29) is 0 Å². The molecule has 4 nitrogen and oxygen atoms in total. The molecule has 0 radical (unpaired) electrons. The second-order valence-corrected chi connectivity index (χ2v) is 6.24. The number of ether oxygens (including phenoxy) is 2. The number of hydrogen-bond acceptors (Lipinski definition) is 3. The molecule has 2 rings (SSSR count). The standard InChI is InChI=1S/C17H23ClN2O2S/c1-21-15-11-14(16(22-2)10-13(15)18)20-17(23)19-9-8-12-6-4-3-5-7-12/h6,10-11H,3-5,7-9H2,1-2H3,(H2,19,20,23). The lowest BCUT2D eigenvalue weighted by Gasteiger charge is -2.16. The topological polar surface area (TPSA) is 42.5 Å². The van der Waals surface area contributed by atoms with Gasteiger partial charge < -0.3 is 20.1 Å². The summed E-state index contributed by atoms with van der Waals surface area (Å²) in [7, 11) is 3.17. The van der Waals surface area contributed by atoms with Crippen LogP contribution in [0, 0.1) is 0 Å². The number of allylic oxidation sites excluding steroid dienone is 1. The van der Waals surface area contributed by atoms with Crippen LogP contribution in [-0.4, -0.2) is 25.9 Å². The number of halogens is 1. The second-order valence-electron chi connectivity index (χ2n) is 5.43. The van der Waals surface area contributed by atoms with Gasteiger partial charge >= 0.3 is 0 Å². The van der Waals surface area contributed by atoms with E-state index in [0.29, 0.717) is 21.6 Å². The molecule has 6 heteroatoms. The maximum Gasteiger partial charge on any atom is 0.170 e. The highest BCUT2D eigenvalue weighted by atomic mass is 35.5. The average Bonchev–Trinajstić information content (AvgIpc) is 2.57. The van der Waals surface area contributed by atoms with Crippen LogP contribution in [0.15, 0.2) is 23.8 Å². The Morgan fingerprint density at radius 1 is 1.22 bits per heavy atom. The second kappa shape index (κ2) is 8.99. The zero-order valence-electron chi connectivity index (χ0n) is 13.6. The summed E-state index contributed by atoms with van der Waals surface area (Å²) in [6.07, 6.45) is 8.42. The van der Waals surface area contributed by atoms with Crippen LogP contribution >= 0.6 is 23.8 Å². The largest absolute Gasteiger partial charge is 0.495 e. The van der Waals surface area contributed by atoms with Gasteiger partial charge in [0.1, 0.15) is 11.5 Å². The molecular formula is C17H23ClN2O2S. The molecule has 0 saturated heterocycles. The first-order chi connectivity index (χ1) is 11.1. The van der Waals surface area contributed by atoms with Crippen molar-refractivity contribution in [3.8, 4) is 11.5 Å². The highest BCUT2D eigenvalue weighted by molar-refractivity contribution is 7.80. The number of nitrogens with one attached hydrogen (secondary N) is 2. The lowest BCUT2D eigenvalue weighted by molar-refractivity contribution is 0.405. The Kier molecular flexibility index (Phi) is 6.99. The minimum Gasteiger partial charge on any atom is -0.495 e. The number of benzene rings is 1. The van der Waals surface area contributed by atoms with Crippen molar-refractivity contribution in [2.75, 3.05) is 26.1 Å². The molecule has 126 valence electrons. The first-order valence-electron chi connectivity index (χ1n) is 7.78. The smallest absolute Gasteiger partial charge is 0.170 e. The average molecular weight is 355 g/mol. The van der Waals surface area contributed by atoms with E-state index in [1.807, 2.05) is 0 Å². The predicted octanol–water partition coefficient (Wildman–Crippen LogP) is 4.53. The minimum absolute atomic E-state index is 0.498. The Morgan fingerprint density at radius 3 is 2.65 bits per heavy atom. The van der Waals surface area contributed by atoms with Crippen LogP contribution in [0.4, 0.5) is 5.69 Å². The van der Waals surface area contributed by atoms with E-state index in [2.05, 4.69) is 16.7 Å². The third kappa shape index (κ3) is 5.29. The van der Waals surface area contributed by atoms with Crippen LogP contribution in [0.3, 0.4) is 0 Å². The van der Waals surface area contributed by atoms with Gasteiger partial charge in [-0.2, -0.15) is 0 Å². The van der Waals surface area contributed by atoms with E-state index in [1.54, 1.807) is 26.4 Å². The van der Waals surface area contributed by atoms with Crippen molar-refractivity contribution < 1.29 is 9.47 Å². The Bertz CT molecular complexity index is 590. The molecule has 1 aromatic carbocycles. The van der Waals surface area contributed by atoms with Crippen molar-refractivity contribution >= 4 is 34.6 Å². The van der Waals surface area contributed by atoms with Crippen LogP contribution in [0.1, 0.15) is 32.1 Å². The summed E-state index contributed by atoms with van der Waals surface area (Å²) in [5.74, 6) is 1.19. The summed E-state index contributed by atoms with van der Waals surface area (Å²) in [5.41, 5.74) is 2.25. The van der Waals surface area contributed by atoms with Gasteiger partial charge in [-0.1, -0.05) is 23.3 Å². The monoisotopic (exact) mass is 354 g/mol. The molecule has 0 amide bonds. The normalized spacial score (nSPS) is 14.0. The third-order valence-corrected chi connectivity index (χ3v) is 4.38. The number of anilines is 1. The van der Waals surface area contributed by atoms with E-state index in [1.165, 1.54) is 31.3 Å². The first-order valence-corrected chi connectivity index (χ1v) is 8.57. The Morgan fingerprint density at radius 2 is 2.00 bits per heavy atom. The molecule has 0 aliphatic heterocycles. The maximum atomic E-state index is 6.10. The molecule has 0 aromatic heterocycles. The molecule has 1 aromatic rings. The van der Waals surface area contributed by atoms with E-state index >= 15 is 0 Å². The Balaban J connectivity index is 1.90. The SMILES string of the molecule is COc1cc(NC(=S)NCCC2=CCCCC2)c(OC)cc1Cl.